The molecule has 5 heteroatoms. The highest BCUT2D eigenvalue weighted by molar-refractivity contribution is 5.94. The van der Waals surface area contributed by atoms with Crippen LogP contribution in [0.4, 0.5) is 5.82 Å². The zero-order valence-electron chi connectivity index (χ0n) is 11.2. The molecule has 1 heterocycles. The number of amides is 1. The second kappa shape index (κ2) is 7.66. The van der Waals surface area contributed by atoms with Crippen LogP contribution < -0.4 is 10.6 Å². The van der Waals surface area contributed by atoms with E-state index in [4.69, 9.17) is 4.74 Å². The number of nitrogens with zero attached hydrogens (tertiary/aromatic N) is 1. The maximum atomic E-state index is 11.9. The Morgan fingerprint density at radius 2 is 2.28 bits per heavy atom. The van der Waals surface area contributed by atoms with Crippen LogP contribution in [0.2, 0.25) is 0 Å². The molecule has 0 aliphatic rings. The second-order valence-electron chi connectivity index (χ2n) is 4.12. The summed E-state index contributed by atoms with van der Waals surface area (Å²) in [6, 6.07) is 3.66. The van der Waals surface area contributed by atoms with Crippen LogP contribution in [0.1, 0.15) is 30.6 Å². The van der Waals surface area contributed by atoms with E-state index in [1.54, 1.807) is 25.4 Å². The SMILES string of the molecule is CCNc1ccc(C(=O)NC(C)CCOC)cn1. The summed E-state index contributed by atoms with van der Waals surface area (Å²) in [4.78, 5) is 16.0. The largest absolute Gasteiger partial charge is 0.385 e. The minimum Gasteiger partial charge on any atom is -0.385 e. The number of hydrogen-bond acceptors (Lipinski definition) is 4. The lowest BCUT2D eigenvalue weighted by atomic mass is 10.2. The third kappa shape index (κ3) is 4.71. The van der Waals surface area contributed by atoms with Gasteiger partial charge in [0.15, 0.2) is 0 Å². The molecule has 18 heavy (non-hydrogen) atoms. The van der Waals surface area contributed by atoms with Crippen molar-refractivity contribution >= 4 is 11.7 Å². The Morgan fingerprint density at radius 3 is 2.83 bits per heavy atom. The molecule has 1 amide bonds. The Labute approximate surface area is 108 Å². The van der Waals surface area contributed by atoms with Crippen molar-refractivity contribution in [2.45, 2.75) is 26.3 Å². The summed E-state index contributed by atoms with van der Waals surface area (Å²) in [7, 11) is 1.65. The lowest BCUT2D eigenvalue weighted by Gasteiger charge is -2.13. The molecule has 0 aliphatic heterocycles. The highest BCUT2D eigenvalue weighted by Gasteiger charge is 2.09. The molecule has 0 bridgehead atoms. The van der Waals surface area contributed by atoms with Crippen LogP contribution in [-0.4, -0.2) is 37.2 Å². The summed E-state index contributed by atoms with van der Waals surface area (Å²) in [6.07, 6.45) is 2.38. The molecular weight excluding hydrogens is 230 g/mol. The summed E-state index contributed by atoms with van der Waals surface area (Å²) < 4.78 is 4.97. The van der Waals surface area contributed by atoms with Crippen molar-refractivity contribution < 1.29 is 9.53 Å². The van der Waals surface area contributed by atoms with Crippen molar-refractivity contribution in [3.8, 4) is 0 Å². The van der Waals surface area contributed by atoms with Gasteiger partial charge in [-0.1, -0.05) is 0 Å². The standard InChI is InChI=1S/C13H21N3O2/c1-4-14-12-6-5-11(9-15-12)13(17)16-10(2)7-8-18-3/h5-6,9-10H,4,7-8H2,1-3H3,(H,14,15)(H,16,17). The van der Waals surface area contributed by atoms with Gasteiger partial charge in [0.1, 0.15) is 5.82 Å². The van der Waals surface area contributed by atoms with Gasteiger partial charge in [-0.15, -0.1) is 0 Å². The number of aromatic nitrogens is 1. The number of rotatable bonds is 7. The summed E-state index contributed by atoms with van der Waals surface area (Å²) >= 11 is 0. The Hall–Kier alpha value is -1.62. The van der Waals surface area contributed by atoms with Gasteiger partial charge in [-0.3, -0.25) is 4.79 Å². The van der Waals surface area contributed by atoms with Crippen molar-refractivity contribution in [3.05, 3.63) is 23.9 Å². The number of nitrogens with one attached hydrogen (secondary N) is 2. The Balaban J connectivity index is 2.50. The molecule has 0 saturated carbocycles. The second-order valence-corrected chi connectivity index (χ2v) is 4.12. The number of pyridine rings is 1. The lowest BCUT2D eigenvalue weighted by molar-refractivity contribution is 0.0929. The molecule has 0 aliphatic carbocycles. The van der Waals surface area contributed by atoms with Gasteiger partial charge in [0, 0.05) is 32.5 Å². The molecule has 1 atom stereocenters. The number of carbonyl (C=O) groups excluding carboxylic acids is 1. The van der Waals surface area contributed by atoms with Crippen LogP contribution >= 0.6 is 0 Å². The maximum Gasteiger partial charge on any atom is 0.253 e. The molecule has 0 fully saturated rings. The molecule has 1 aromatic heterocycles. The average Bonchev–Trinajstić information content (AvgIpc) is 2.37. The minimum absolute atomic E-state index is 0.0888. The minimum atomic E-state index is -0.103. The predicted octanol–water partition coefficient (Wildman–Crippen LogP) is 1.67. The Bertz CT molecular complexity index is 365. The van der Waals surface area contributed by atoms with E-state index in [0.717, 1.165) is 18.8 Å². The number of carbonyl (C=O) groups is 1. The third-order valence-electron chi connectivity index (χ3n) is 2.52. The molecule has 1 rings (SSSR count). The van der Waals surface area contributed by atoms with Crippen molar-refractivity contribution in [2.24, 2.45) is 0 Å². The molecule has 1 aromatic rings. The highest BCUT2D eigenvalue weighted by atomic mass is 16.5. The van der Waals surface area contributed by atoms with E-state index >= 15 is 0 Å². The monoisotopic (exact) mass is 251 g/mol. The van der Waals surface area contributed by atoms with Gasteiger partial charge in [-0.05, 0) is 32.4 Å². The molecule has 0 radical (unpaired) electrons. The number of methoxy groups -OCH3 is 1. The van der Waals surface area contributed by atoms with Crippen LogP contribution in [-0.2, 0) is 4.74 Å². The summed E-state index contributed by atoms with van der Waals surface area (Å²) in [6.45, 7) is 5.41. The van der Waals surface area contributed by atoms with Crippen molar-refractivity contribution in [2.75, 3.05) is 25.6 Å². The lowest BCUT2D eigenvalue weighted by Crippen LogP contribution is -2.33. The van der Waals surface area contributed by atoms with E-state index < -0.39 is 0 Å². The quantitative estimate of drug-likeness (QED) is 0.773. The molecule has 5 nitrogen and oxygen atoms in total. The summed E-state index contributed by atoms with van der Waals surface area (Å²) in [5, 5.41) is 5.99. The van der Waals surface area contributed by atoms with Crippen LogP contribution in [0, 0.1) is 0 Å². The maximum absolute atomic E-state index is 11.9. The fraction of sp³-hybridized carbons (Fsp3) is 0.538. The third-order valence-corrected chi connectivity index (χ3v) is 2.52. The van der Waals surface area contributed by atoms with Crippen molar-refractivity contribution in [1.82, 2.24) is 10.3 Å². The number of anilines is 1. The van der Waals surface area contributed by atoms with E-state index in [9.17, 15) is 4.79 Å². The molecular formula is C13H21N3O2. The summed E-state index contributed by atoms with van der Waals surface area (Å²) in [5.74, 6) is 0.677. The number of hydrogen-bond donors (Lipinski definition) is 2. The van der Waals surface area contributed by atoms with E-state index in [1.165, 1.54) is 0 Å². The molecule has 0 aromatic carbocycles. The average molecular weight is 251 g/mol. The first-order chi connectivity index (χ1) is 8.67. The first-order valence-electron chi connectivity index (χ1n) is 6.17. The Kier molecular flexibility index (Phi) is 6.14. The fourth-order valence-corrected chi connectivity index (χ4v) is 1.49. The van der Waals surface area contributed by atoms with Gasteiger partial charge in [0.05, 0.1) is 5.56 Å². The molecule has 1 unspecified atom stereocenters. The van der Waals surface area contributed by atoms with Crippen LogP contribution in [0.25, 0.3) is 0 Å². The summed E-state index contributed by atoms with van der Waals surface area (Å²) in [5.41, 5.74) is 0.570. The number of ether oxygens (including phenoxy) is 1. The predicted molar refractivity (Wildman–Crippen MR) is 71.8 cm³/mol. The van der Waals surface area contributed by atoms with Gasteiger partial charge in [0.25, 0.3) is 5.91 Å². The van der Waals surface area contributed by atoms with Crippen molar-refractivity contribution in [1.29, 1.82) is 0 Å². The van der Waals surface area contributed by atoms with E-state index in [0.29, 0.717) is 12.2 Å². The van der Waals surface area contributed by atoms with E-state index in [2.05, 4.69) is 15.6 Å². The van der Waals surface area contributed by atoms with Gasteiger partial charge < -0.3 is 15.4 Å². The fourth-order valence-electron chi connectivity index (χ4n) is 1.49. The van der Waals surface area contributed by atoms with E-state index in [-0.39, 0.29) is 11.9 Å². The normalized spacial score (nSPS) is 11.9. The molecule has 0 spiro atoms. The molecule has 0 saturated heterocycles. The van der Waals surface area contributed by atoms with Crippen LogP contribution in [0.15, 0.2) is 18.3 Å². The van der Waals surface area contributed by atoms with Crippen LogP contribution in [0.5, 0.6) is 0 Å². The zero-order valence-corrected chi connectivity index (χ0v) is 11.2. The van der Waals surface area contributed by atoms with E-state index in [1.807, 2.05) is 13.8 Å². The first kappa shape index (κ1) is 14.4. The first-order valence-corrected chi connectivity index (χ1v) is 6.17. The zero-order chi connectivity index (χ0) is 13.4. The van der Waals surface area contributed by atoms with Crippen molar-refractivity contribution in [3.63, 3.8) is 0 Å². The van der Waals surface area contributed by atoms with Gasteiger partial charge in [0.2, 0.25) is 0 Å². The van der Waals surface area contributed by atoms with Gasteiger partial charge >= 0.3 is 0 Å². The van der Waals surface area contributed by atoms with Crippen LogP contribution in [0.3, 0.4) is 0 Å². The Morgan fingerprint density at radius 1 is 1.50 bits per heavy atom. The highest BCUT2D eigenvalue weighted by Crippen LogP contribution is 2.05. The molecule has 100 valence electrons. The topological polar surface area (TPSA) is 63.2 Å². The molecule has 2 N–H and O–H groups in total. The smallest absolute Gasteiger partial charge is 0.253 e. The van der Waals surface area contributed by atoms with Gasteiger partial charge in [-0.25, -0.2) is 4.98 Å². The van der Waals surface area contributed by atoms with Gasteiger partial charge in [-0.2, -0.15) is 0 Å².